The molecule has 0 bridgehead atoms. The lowest BCUT2D eigenvalue weighted by molar-refractivity contribution is 0.185. The molecule has 0 radical (unpaired) electrons. The van der Waals surface area contributed by atoms with Crippen molar-refractivity contribution >= 4 is 11.6 Å². The number of halogens is 1. The van der Waals surface area contributed by atoms with Crippen molar-refractivity contribution in [1.29, 1.82) is 0 Å². The summed E-state index contributed by atoms with van der Waals surface area (Å²) in [5.41, 5.74) is 4.22. The van der Waals surface area contributed by atoms with Gasteiger partial charge in [0.1, 0.15) is 0 Å². The minimum absolute atomic E-state index is 0.184. The molecule has 0 unspecified atom stereocenters. The summed E-state index contributed by atoms with van der Waals surface area (Å²) in [5.74, 6) is 0.794. The summed E-state index contributed by atoms with van der Waals surface area (Å²) < 4.78 is 1.92. The summed E-state index contributed by atoms with van der Waals surface area (Å²) in [4.78, 5) is 6.69. The van der Waals surface area contributed by atoms with E-state index in [0.29, 0.717) is 13.1 Å². The summed E-state index contributed by atoms with van der Waals surface area (Å²) >= 11 is 6.59. The molecule has 1 atom stereocenters. The van der Waals surface area contributed by atoms with E-state index in [9.17, 15) is 0 Å². The van der Waals surface area contributed by atoms with Gasteiger partial charge in [-0.3, -0.25) is 9.88 Å². The summed E-state index contributed by atoms with van der Waals surface area (Å²) in [5, 5.41) is 13.7. The molecule has 0 amide bonds. The van der Waals surface area contributed by atoms with Gasteiger partial charge < -0.3 is 0 Å². The molecule has 0 saturated carbocycles. The van der Waals surface area contributed by atoms with Gasteiger partial charge in [-0.25, -0.2) is 4.68 Å². The van der Waals surface area contributed by atoms with Gasteiger partial charge in [0.05, 0.1) is 11.6 Å². The first-order chi connectivity index (χ1) is 15.8. The highest BCUT2D eigenvalue weighted by molar-refractivity contribution is 6.31. The van der Waals surface area contributed by atoms with E-state index < -0.39 is 0 Å². The second kappa shape index (κ2) is 9.81. The van der Waals surface area contributed by atoms with Crippen molar-refractivity contribution in [2.24, 2.45) is 0 Å². The number of pyridine rings is 1. The van der Waals surface area contributed by atoms with Crippen molar-refractivity contribution in [2.45, 2.75) is 52.4 Å². The highest BCUT2D eigenvalue weighted by Gasteiger charge is 2.32. The molecule has 2 aromatic carbocycles. The third kappa shape index (κ3) is 5.46. The maximum Gasteiger partial charge on any atom is 0.173 e. The van der Waals surface area contributed by atoms with Gasteiger partial charge in [0, 0.05) is 30.5 Å². The standard InChI is InChI=1S/C26H29ClN6/c1-19-11-13-21(14-12-19)24(25-29-30-31-33(25)26(2,3)4)32(17-20-8-7-15-28-16-20)18-22-9-5-6-10-23(22)27/h5-16,24H,17-18H2,1-4H3/t24-/m1/s1. The molecule has 4 rings (SSSR count). The van der Waals surface area contributed by atoms with Crippen LogP contribution in [0, 0.1) is 6.92 Å². The smallest absolute Gasteiger partial charge is 0.173 e. The van der Waals surface area contributed by atoms with Gasteiger partial charge in [-0.1, -0.05) is 65.7 Å². The molecule has 2 aromatic heterocycles. The van der Waals surface area contributed by atoms with E-state index in [2.05, 4.69) is 89.5 Å². The van der Waals surface area contributed by atoms with Crippen molar-refractivity contribution in [3.63, 3.8) is 0 Å². The van der Waals surface area contributed by atoms with E-state index in [4.69, 9.17) is 11.6 Å². The minimum atomic E-state index is -0.272. The second-order valence-corrected chi connectivity index (χ2v) is 9.70. The monoisotopic (exact) mass is 460 g/mol. The Kier molecular flexibility index (Phi) is 6.86. The fraction of sp³-hybridized carbons (Fsp3) is 0.308. The van der Waals surface area contributed by atoms with E-state index in [1.54, 1.807) is 6.20 Å². The number of hydrogen-bond donors (Lipinski definition) is 0. The molecular weight excluding hydrogens is 432 g/mol. The van der Waals surface area contributed by atoms with Crippen LogP contribution >= 0.6 is 11.6 Å². The number of hydrogen-bond acceptors (Lipinski definition) is 5. The third-order valence-electron chi connectivity index (χ3n) is 5.57. The molecule has 0 aliphatic heterocycles. The lowest BCUT2D eigenvalue weighted by Crippen LogP contribution is -2.35. The predicted octanol–water partition coefficient (Wildman–Crippen LogP) is 5.58. The first-order valence-electron chi connectivity index (χ1n) is 11.0. The van der Waals surface area contributed by atoms with Gasteiger partial charge in [0.25, 0.3) is 0 Å². The normalized spacial score (nSPS) is 12.8. The minimum Gasteiger partial charge on any atom is -0.281 e. The largest absolute Gasteiger partial charge is 0.281 e. The van der Waals surface area contributed by atoms with Crippen LogP contribution in [-0.4, -0.2) is 30.1 Å². The molecule has 0 saturated heterocycles. The number of rotatable bonds is 7. The van der Waals surface area contributed by atoms with Crippen LogP contribution in [0.1, 0.15) is 54.9 Å². The lowest BCUT2D eigenvalue weighted by Gasteiger charge is -2.33. The SMILES string of the molecule is Cc1ccc([C@H](c2nnnn2C(C)(C)C)N(Cc2cccnc2)Cc2ccccc2Cl)cc1. The quantitative estimate of drug-likeness (QED) is 0.360. The third-order valence-corrected chi connectivity index (χ3v) is 5.94. The van der Waals surface area contributed by atoms with E-state index in [1.165, 1.54) is 5.56 Å². The van der Waals surface area contributed by atoms with Gasteiger partial charge in [0.2, 0.25) is 0 Å². The average Bonchev–Trinajstić information content (AvgIpc) is 3.28. The van der Waals surface area contributed by atoms with Crippen LogP contribution < -0.4 is 0 Å². The molecule has 0 aliphatic rings. The molecule has 2 heterocycles. The Morgan fingerprint density at radius 3 is 2.39 bits per heavy atom. The number of aromatic nitrogens is 5. The Balaban J connectivity index is 1.86. The van der Waals surface area contributed by atoms with Gasteiger partial charge in [-0.05, 0) is 66.9 Å². The Morgan fingerprint density at radius 1 is 0.970 bits per heavy atom. The number of aryl methyl sites for hydroxylation is 1. The van der Waals surface area contributed by atoms with Gasteiger partial charge in [0.15, 0.2) is 5.82 Å². The van der Waals surface area contributed by atoms with E-state index in [1.807, 2.05) is 35.1 Å². The van der Waals surface area contributed by atoms with Gasteiger partial charge in [-0.2, -0.15) is 0 Å². The Labute approximate surface area is 200 Å². The second-order valence-electron chi connectivity index (χ2n) is 9.29. The molecule has 0 fully saturated rings. The fourth-order valence-electron chi connectivity index (χ4n) is 3.92. The summed E-state index contributed by atoms with van der Waals surface area (Å²) in [6, 6.07) is 20.4. The van der Waals surface area contributed by atoms with E-state index in [0.717, 1.165) is 27.5 Å². The average molecular weight is 461 g/mol. The maximum atomic E-state index is 6.59. The van der Waals surface area contributed by atoms with Crippen LogP contribution in [0.5, 0.6) is 0 Å². The van der Waals surface area contributed by atoms with Gasteiger partial charge >= 0.3 is 0 Å². The van der Waals surface area contributed by atoms with Crippen LogP contribution in [0.4, 0.5) is 0 Å². The Morgan fingerprint density at radius 2 is 1.73 bits per heavy atom. The predicted molar refractivity (Wildman–Crippen MR) is 131 cm³/mol. The van der Waals surface area contributed by atoms with Crippen LogP contribution in [0.15, 0.2) is 73.1 Å². The Bertz CT molecular complexity index is 1180. The number of nitrogens with zero attached hydrogens (tertiary/aromatic N) is 6. The fourth-order valence-corrected chi connectivity index (χ4v) is 4.12. The van der Waals surface area contributed by atoms with Crippen molar-refractivity contribution in [2.75, 3.05) is 0 Å². The molecular formula is C26H29ClN6. The first kappa shape index (κ1) is 23.1. The van der Waals surface area contributed by atoms with E-state index >= 15 is 0 Å². The molecule has 0 aliphatic carbocycles. The molecule has 0 spiro atoms. The lowest BCUT2D eigenvalue weighted by atomic mass is 9.99. The number of benzene rings is 2. The molecule has 0 N–H and O–H groups in total. The van der Waals surface area contributed by atoms with Crippen molar-refractivity contribution in [1.82, 2.24) is 30.1 Å². The molecule has 33 heavy (non-hydrogen) atoms. The highest BCUT2D eigenvalue weighted by atomic mass is 35.5. The van der Waals surface area contributed by atoms with Crippen molar-refractivity contribution in [3.05, 3.63) is 106 Å². The van der Waals surface area contributed by atoms with Crippen LogP contribution in [-0.2, 0) is 18.6 Å². The summed E-state index contributed by atoms with van der Waals surface area (Å²) in [6.45, 7) is 9.71. The van der Waals surface area contributed by atoms with Crippen molar-refractivity contribution < 1.29 is 0 Å². The first-order valence-corrected chi connectivity index (χ1v) is 11.4. The van der Waals surface area contributed by atoms with Gasteiger partial charge in [-0.15, -0.1) is 5.10 Å². The topological polar surface area (TPSA) is 59.7 Å². The van der Waals surface area contributed by atoms with Crippen molar-refractivity contribution in [3.8, 4) is 0 Å². The van der Waals surface area contributed by atoms with Crippen LogP contribution in [0.25, 0.3) is 0 Å². The van der Waals surface area contributed by atoms with Crippen LogP contribution in [0.3, 0.4) is 0 Å². The highest BCUT2D eigenvalue weighted by Crippen LogP contribution is 2.33. The summed E-state index contributed by atoms with van der Waals surface area (Å²) in [6.07, 6.45) is 3.69. The summed E-state index contributed by atoms with van der Waals surface area (Å²) in [7, 11) is 0. The molecule has 170 valence electrons. The zero-order chi connectivity index (χ0) is 23.4. The molecule has 6 nitrogen and oxygen atoms in total. The zero-order valence-corrected chi connectivity index (χ0v) is 20.2. The zero-order valence-electron chi connectivity index (χ0n) is 19.5. The maximum absolute atomic E-state index is 6.59. The molecule has 4 aromatic rings. The molecule has 7 heteroatoms. The Hall–Kier alpha value is -3.09. The van der Waals surface area contributed by atoms with E-state index in [-0.39, 0.29) is 11.6 Å². The number of tetrazole rings is 1. The van der Waals surface area contributed by atoms with Crippen LogP contribution in [0.2, 0.25) is 5.02 Å².